The minimum atomic E-state index is 0.221. The highest BCUT2D eigenvalue weighted by atomic mass is 16.1. The predicted molar refractivity (Wildman–Crippen MR) is 94.0 cm³/mol. The Balaban J connectivity index is 1.45. The fourth-order valence-corrected chi connectivity index (χ4v) is 5.10. The summed E-state index contributed by atoms with van der Waals surface area (Å²) >= 11 is 0. The molecule has 2 atom stereocenters. The average Bonchev–Trinajstić information content (AvgIpc) is 2.48. The van der Waals surface area contributed by atoms with E-state index in [2.05, 4.69) is 24.1 Å². The van der Waals surface area contributed by atoms with Crippen molar-refractivity contribution in [3.8, 4) is 0 Å². The highest BCUT2D eigenvalue weighted by molar-refractivity contribution is 5.79. The van der Waals surface area contributed by atoms with Crippen molar-refractivity contribution in [1.29, 1.82) is 0 Å². The SMILES string of the molecule is CC(C)CN1CCC(NC(=O)C2CC3CCCC(C2)C3N)CC1. The molecule has 0 aromatic rings. The highest BCUT2D eigenvalue weighted by Crippen LogP contribution is 2.41. The maximum absolute atomic E-state index is 12.7. The van der Waals surface area contributed by atoms with E-state index in [1.54, 1.807) is 0 Å². The van der Waals surface area contributed by atoms with Crippen LogP contribution in [0.5, 0.6) is 0 Å². The van der Waals surface area contributed by atoms with Gasteiger partial charge in [-0.3, -0.25) is 4.79 Å². The van der Waals surface area contributed by atoms with Crippen molar-refractivity contribution >= 4 is 5.91 Å². The number of hydrogen-bond acceptors (Lipinski definition) is 3. The Morgan fingerprint density at radius 2 is 1.74 bits per heavy atom. The molecular weight excluding hydrogens is 286 g/mol. The minimum Gasteiger partial charge on any atom is -0.353 e. The fraction of sp³-hybridized carbons (Fsp3) is 0.947. The van der Waals surface area contributed by atoms with E-state index in [0.29, 0.717) is 29.8 Å². The maximum atomic E-state index is 12.7. The first kappa shape index (κ1) is 17.2. The summed E-state index contributed by atoms with van der Waals surface area (Å²) < 4.78 is 0. The zero-order chi connectivity index (χ0) is 16.4. The summed E-state index contributed by atoms with van der Waals surface area (Å²) in [5.41, 5.74) is 6.35. The fourth-order valence-electron chi connectivity index (χ4n) is 5.10. The van der Waals surface area contributed by atoms with E-state index in [9.17, 15) is 4.79 Å². The van der Waals surface area contributed by atoms with Crippen LogP contribution in [0.3, 0.4) is 0 Å². The Hall–Kier alpha value is -0.610. The first-order valence-corrected chi connectivity index (χ1v) is 9.81. The van der Waals surface area contributed by atoms with Crippen molar-refractivity contribution in [2.24, 2.45) is 29.4 Å². The highest BCUT2D eigenvalue weighted by Gasteiger charge is 2.40. The Morgan fingerprint density at radius 1 is 1.13 bits per heavy atom. The molecule has 2 aliphatic carbocycles. The smallest absolute Gasteiger partial charge is 0.223 e. The van der Waals surface area contributed by atoms with Gasteiger partial charge in [0.1, 0.15) is 0 Å². The first-order chi connectivity index (χ1) is 11.0. The summed E-state index contributed by atoms with van der Waals surface area (Å²) in [5.74, 6) is 2.44. The summed E-state index contributed by atoms with van der Waals surface area (Å²) in [6.45, 7) is 8.00. The van der Waals surface area contributed by atoms with Gasteiger partial charge in [-0.2, -0.15) is 0 Å². The molecule has 1 heterocycles. The van der Waals surface area contributed by atoms with Crippen LogP contribution in [0.15, 0.2) is 0 Å². The van der Waals surface area contributed by atoms with Crippen molar-refractivity contribution in [3.63, 3.8) is 0 Å². The number of nitrogens with zero attached hydrogens (tertiary/aromatic N) is 1. The van der Waals surface area contributed by atoms with Crippen LogP contribution in [0, 0.1) is 23.7 Å². The van der Waals surface area contributed by atoms with Gasteiger partial charge in [-0.25, -0.2) is 0 Å². The number of nitrogens with one attached hydrogen (secondary N) is 1. The summed E-state index contributed by atoms with van der Waals surface area (Å²) in [7, 11) is 0. The molecular formula is C19H35N3O. The van der Waals surface area contributed by atoms with Crippen LogP contribution in [0.1, 0.15) is 58.8 Å². The average molecular weight is 322 g/mol. The van der Waals surface area contributed by atoms with Gasteiger partial charge in [-0.1, -0.05) is 20.3 Å². The van der Waals surface area contributed by atoms with Gasteiger partial charge >= 0.3 is 0 Å². The minimum absolute atomic E-state index is 0.221. The third-order valence-corrected chi connectivity index (χ3v) is 6.34. The topological polar surface area (TPSA) is 58.4 Å². The number of nitrogens with two attached hydrogens (primary N) is 1. The molecule has 1 aliphatic heterocycles. The molecule has 0 radical (unpaired) electrons. The van der Waals surface area contributed by atoms with Crippen molar-refractivity contribution < 1.29 is 4.79 Å². The van der Waals surface area contributed by atoms with E-state index >= 15 is 0 Å². The monoisotopic (exact) mass is 321 g/mol. The quantitative estimate of drug-likeness (QED) is 0.836. The molecule has 1 saturated heterocycles. The summed E-state index contributed by atoms with van der Waals surface area (Å²) in [5, 5.41) is 3.36. The van der Waals surface area contributed by atoms with Crippen molar-refractivity contribution in [2.45, 2.75) is 70.9 Å². The zero-order valence-electron chi connectivity index (χ0n) is 15.0. The van der Waals surface area contributed by atoms with Gasteiger partial charge in [0, 0.05) is 37.6 Å². The third-order valence-electron chi connectivity index (χ3n) is 6.34. The van der Waals surface area contributed by atoms with E-state index in [-0.39, 0.29) is 5.92 Å². The van der Waals surface area contributed by atoms with E-state index < -0.39 is 0 Å². The maximum Gasteiger partial charge on any atom is 0.223 e. The van der Waals surface area contributed by atoms with Gasteiger partial charge < -0.3 is 16.0 Å². The molecule has 2 unspecified atom stereocenters. The van der Waals surface area contributed by atoms with Gasteiger partial charge in [-0.05, 0) is 56.3 Å². The summed E-state index contributed by atoms with van der Waals surface area (Å²) in [6.07, 6.45) is 8.04. The van der Waals surface area contributed by atoms with Crippen LogP contribution in [0.2, 0.25) is 0 Å². The third kappa shape index (κ3) is 4.27. The summed E-state index contributed by atoms with van der Waals surface area (Å²) in [6, 6.07) is 0.744. The van der Waals surface area contributed by atoms with E-state index in [1.165, 1.54) is 25.8 Å². The van der Waals surface area contributed by atoms with Crippen molar-refractivity contribution in [3.05, 3.63) is 0 Å². The molecule has 0 aromatic heterocycles. The molecule has 3 aliphatic rings. The number of carbonyl (C=O) groups is 1. The van der Waals surface area contributed by atoms with E-state index in [1.807, 2.05) is 0 Å². The van der Waals surface area contributed by atoms with E-state index in [0.717, 1.165) is 44.7 Å². The second-order valence-electron chi connectivity index (χ2n) is 8.67. The van der Waals surface area contributed by atoms with E-state index in [4.69, 9.17) is 5.73 Å². The van der Waals surface area contributed by atoms with Gasteiger partial charge in [-0.15, -0.1) is 0 Å². The molecule has 2 saturated carbocycles. The number of fused-ring (bicyclic) bond motifs is 2. The normalized spacial score (nSPS) is 36.2. The Labute approximate surface area is 141 Å². The Kier molecular flexibility index (Phi) is 5.63. The second kappa shape index (κ2) is 7.52. The summed E-state index contributed by atoms with van der Waals surface area (Å²) in [4.78, 5) is 15.2. The lowest BCUT2D eigenvalue weighted by molar-refractivity contribution is -0.129. The van der Waals surface area contributed by atoms with Crippen LogP contribution in [-0.4, -0.2) is 42.5 Å². The Bertz CT molecular complexity index is 389. The standard InChI is InChI=1S/C19H35N3O/c1-13(2)12-22-8-6-17(7-9-22)21-19(23)16-10-14-4-3-5-15(11-16)18(14)20/h13-18H,3-12,20H2,1-2H3,(H,21,23). The molecule has 3 fully saturated rings. The number of likely N-dealkylation sites (tertiary alicyclic amines) is 1. The number of piperidine rings is 1. The molecule has 23 heavy (non-hydrogen) atoms. The number of carbonyl (C=O) groups excluding carboxylic acids is 1. The lowest BCUT2D eigenvalue weighted by Gasteiger charge is -2.44. The first-order valence-electron chi connectivity index (χ1n) is 9.81. The van der Waals surface area contributed by atoms with Crippen molar-refractivity contribution in [1.82, 2.24) is 10.2 Å². The van der Waals surface area contributed by atoms with Gasteiger partial charge in [0.2, 0.25) is 5.91 Å². The van der Waals surface area contributed by atoms with Crippen LogP contribution in [-0.2, 0) is 4.79 Å². The molecule has 2 bridgehead atoms. The zero-order valence-corrected chi connectivity index (χ0v) is 15.0. The molecule has 1 amide bonds. The largest absolute Gasteiger partial charge is 0.353 e. The molecule has 0 spiro atoms. The molecule has 3 N–H and O–H groups in total. The number of amides is 1. The molecule has 132 valence electrons. The van der Waals surface area contributed by atoms with Crippen molar-refractivity contribution in [2.75, 3.05) is 19.6 Å². The van der Waals surface area contributed by atoms with Crippen LogP contribution >= 0.6 is 0 Å². The van der Waals surface area contributed by atoms with Crippen LogP contribution in [0.25, 0.3) is 0 Å². The molecule has 4 heteroatoms. The Morgan fingerprint density at radius 3 is 2.30 bits per heavy atom. The molecule has 0 aromatic carbocycles. The lowest BCUT2D eigenvalue weighted by Crippen LogP contribution is -2.51. The number of rotatable bonds is 4. The second-order valence-corrected chi connectivity index (χ2v) is 8.67. The predicted octanol–water partition coefficient (Wildman–Crippen LogP) is 2.38. The van der Waals surface area contributed by atoms with Gasteiger partial charge in [0.05, 0.1) is 0 Å². The molecule has 4 nitrogen and oxygen atoms in total. The van der Waals surface area contributed by atoms with Crippen LogP contribution < -0.4 is 11.1 Å². The van der Waals surface area contributed by atoms with Gasteiger partial charge in [0.25, 0.3) is 0 Å². The molecule has 3 rings (SSSR count). The number of hydrogen-bond donors (Lipinski definition) is 2. The van der Waals surface area contributed by atoms with Gasteiger partial charge in [0.15, 0.2) is 0 Å². The lowest BCUT2D eigenvalue weighted by atomic mass is 9.65. The van der Waals surface area contributed by atoms with Crippen LogP contribution in [0.4, 0.5) is 0 Å².